The minimum absolute atomic E-state index is 0.141. The van der Waals surface area contributed by atoms with Crippen molar-refractivity contribution >= 4 is 11.6 Å². The van der Waals surface area contributed by atoms with Crippen molar-refractivity contribution in [3.05, 3.63) is 12.6 Å². The number of allylic oxidation sites excluding steroid dienone is 1. The summed E-state index contributed by atoms with van der Waals surface area (Å²) in [6.45, 7) is 9.66. The van der Waals surface area contributed by atoms with Gasteiger partial charge in [0.2, 0.25) is 5.78 Å². The van der Waals surface area contributed by atoms with Gasteiger partial charge in [0.1, 0.15) is 0 Å². The molecule has 0 atom stereocenters. The number of hydrogen-bond acceptors (Lipinski definition) is 2. The standard InChI is InChI=1S/C7H12O.C7H10O/c2*1-5-6(8)7(2,3)4/h5H,1H2,2-4H3;1H,2-4H3/i1D2,5D;. The Morgan fingerprint density at radius 1 is 1.25 bits per heavy atom. The van der Waals surface area contributed by atoms with Crippen LogP contribution >= 0.6 is 0 Å². The van der Waals surface area contributed by atoms with Crippen LogP contribution in [0.4, 0.5) is 0 Å². The van der Waals surface area contributed by atoms with Crippen LogP contribution in [-0.4, -0.2) is 11.6 Å². The lowest BCUT2D eigenvalue weighted by Crippen LogP contribution is -2.17. The van der Waals surface area contributed by atoms with Crippen LogP contribution in [0.25, 0.3) is 0 Å². The van der Waals surface area contributed by atoms with E-state index in [4.69, 9.17) is 10.5 Å². The molecule has 16 heavy (non-hydrogen) atoms. The number of ketones is 2. The number of carbonyl (C=O) groups is 2. The van der Waals surface area contributed by atoms with Crippen LogP contribution in [0.15, 0.2) is 12.6 Å². The van der Waals surface area contributed by atoms with Gasteiger partial charge in [0.15, 0.2) is 5.78 Å². The maximum atomic E-state index is 11.1. The fourth-order valence-electron chi connectivity index (χ4n) is 0.404. The Kier molecular flexibility index (Phi) is 4.37. The van der Waals surface area contributed by atoms with Gasteiger partial charge in [-0.15, -0.1) is 6.42 Å². The van der Waals surface area contributed by atoms with Gasteiger partial charge in [-0.1, -0.05) is 48.1 Å². The Hall–Kier alpha value is -1.36. The van der Waals surface area contributed by atoms with E-state index >= 15 is 0 Å². The van der Waals surface area contributed by atoms with Crippen molar-refractivity contribution in [2.75, 3.05) is 0 Å². The number of hydrogen-bond donors (Lipinski definition) is 0. The zero-order chi connectivity index (χ0) is 16.0. The third kappa shape index (κ3) is 7.99. The minimum atomic E-state index is -0.718. The molecule has 0 saturated heterocycles. The molecule has 0 aromatic heterocycles. The first-order chi connectivity index (χ1) is 8.25. The predicted molar refractivity (Wildman–Crippen MR) is 68.0 cm³/mol. The summed E-state index contributed by atoms with van der Waals surface area (Å²) in [6.07, 6.45) is 4.86. The Bertz CT molecular complexity index is 411. The lowest BCUT2D eigenvalue weighted by Gasteiger charge is -2.11. The molecular formula is C14H22O2. The molecule has 0 radical (unpaired) electrons. The van der Waals surface area contributed by atoms with Gasteiger partial charge < -0.3 is 0 Å². The van der Waals surface area contributed by atoms with Crippen LogP contribution in [0.2, 0.25) is 0 Å². The van der Waals surface area contributed by atoms with Gasteiger partial charge in [-0.3, -0.25) is 9.59 Å². The number of Topliss-reactive ketones (excluding diaryl/α,β-unsaturated/α-hetero) is 1. The molecule has 90 valence electrons. The maximum Gasteiger partial charge on any atom is 0.210 e. The number of terminal acetylenes is 1. The van der Waals surface area contributed by atoms with Crippen molar-refractivity contribution in [2.45, 2.75) is 41.5 Å². The first-order valence-electron chi connectivity index (χ1n) is 6.45. The average Bonchev–Trinajstić information content (AvgIpc) is 2.23. The largest absolute Gasteiger partial charge is 0.294 e. The van der Waals surface area contributed by atoms with Gasteiger partial charge in [0, 0.05) is 10.8 Å². The molecule has 0 bridgehead atoms. The Morgan fingerprint density at radius 3 is 1.75 bits per heavy atom. The second-order valence-electron chi connectivity index (χ2n) is 5.43. The SMILES string of the molecule is C#CC(=O)C(C)(C)C.[2H]C([2H])=C([2H])C(=O)C(C)(C)C. The van der Waals surface area contributed by atoms with Crippen LogP contribution < -0.4 is 0 Å². The quantitative estimate of drug-likeness (QED) is 0.390. The predicted octanol–water partition coefficient (Wildman–Crippen LogP) is 3.02. The van der Waals surface area contributed by atoms with Gasteiger partial charge in [-0.25, -0.2) is 0 Å². The van der Waals surface area contributed by atoms with Crippen LogP contribution in [0.5, 0.6) is 0 Å². The lowest BCUT2D eigenvalue weighted by atomic mass is 9.91. The summed E-state index contributed by atoms with van der Waals surface area (Å²) in [7, 11) is 0. The van der Waals surface area contributed by atoms with E-state index in [0.29, 0.717) is 0 Å². The molecule has 0 spiro atoms. The van der Waals surface area contributed by atoms with E-state index in [0.717, 1.165) is 0 Å². The molecule has 0 N–H and O–H groups in total. The Labute approximate surface area is 103 Å². The molecule has 0 aromatic carbocycles. The summed E-state index contributed by atoms with van der Waals surface area (Å²) in [4.78, 5) is 21.7. The first kappa shape index (κ1) is 11.1. The average molecular weight is 225 g/mol. The molecule has 0 fully saturated rings. The normalized spacial score (nSPS) is 12.9. The van der Waals surface area contributed by atoms with Gasteiger partial charge in [-0.05, 0) is 12.0 Å². The number of carbonyl (C=O) groups excluding carboxylic acids is 2. The molecule has 0 aromatic rings. The highest BCUT2D eigenvalue weighted by Gasteiger charge is 2.18. The summed E-state index contributed by atoms with van der Waals surface area (Å²) in [6, 6.07) is -0.516. The molecule has 0 heterocycles. The van der Waals surface area contributed by atoms with E-state index in [9.17, 15) is 9.59 Å². The van der Waals surface area contributed by atoms with Crippen LogP contribution in [0.3, 0.4) is 0 Å². The zero-order valence-electron chi connectivity index (χ0n) is 13.9. The molecule has 0 amide bonds. The van der Waals surface area contributed by atoms with E-state index in [-0.39, 0.29) is 11.2 Å². The lowest BCUT2D eigenvalue weighted by molar-refractivity contribution is -0.121. The van der Waals surface area contributed by atoms with Gasteiger partial charge >= 0.3 is 0 Å². The highest BCUT2D eigenvalue weighted by molar-refractivity contribution is 5.98. The van der Waals surface area contributed by atoms with Gasteiger partial charge in [0.05, 0.1) is 4.11 Å². The van der Waals surface area contributed by atoms with E-state index in [1.165, 1.54) is 0 Å². The van der Waals surface area contributed by atoms with Crippen molar-refractivity contribution in [3.8, 4) is 12.3 Å². The highest BCUT2D eigenvalue weighted by atomic mass is 16.1. The second-order valence-corrected chi connectivity index (χ2v) is 5.43. The minimum Gasteiger partial charge on any atom is -0.294 e. The van der Waals surface area contributed by atoms with Crippen molar-refractivity contribution in [1.29, 1.82) is 0 Å². The van der Waals surface area contributed by atoms with Gasteiger partial charge in [0.25, 0.3) is 0 Å². The van der Waals surface area contributed by atoms with Gasteiger partial charge in [-0.2, -0.15) is 0 Å². The summed E-state index contributed by atoms with van der Waals surface area (Å²) in [5, 5.41) is 0. The fourth-order valence-corrected chi connectivity index (χ4v) is 0.404. The molecule has 0 aliphatic rings. The first-order valence-corrected chi connectivity index (χ1v) is 4.95. The fraction of sp³-hybridized carbons (Fsp3) is 0.571. The van der Waals surface area contributed by atoms with Crippen molar-refractivity contribution in [2.24, 2.45) is 10.8 Å². The molecule has 0 rings (SSSR count). The molecule has 0 unspecified atom stereocenters. The third-order valence-electron chi connectivity index (χ3n) is 1.61. The summed E-state index contributed by atoms with van der Waals surface area (Å²) < 4.78 is 20.5. The molecule has 2 nitrogen and oxygen atoms in total. The summed E-state index contributed by atoms with van der Waals surface area (Å²) in [5.74, 6) is 1.46. The zero-order valence-corrected chi connectivity index (χ0v) is 10.9. The Morgan fingerprint density at radius 2 is 1.69 bits per heavy atom. The summed E-state index contributed by atoms with van der Waals surface area (Å²) in [5.41, 5.74) is -1.03. The molecule has 2 heteroatoms. The second kappa shape index (κ2) is 6.27. The van der Waals surface area contributed by atoms with Crippen molar-refractivity contribution < 1.29 is 13.7 Å². The maximum absolute atomic E-state index is 11.1. The molecule has 0 saturated carbocycles. The highest BCUT2D eigenvalue weighted by Crippen LogP contribution is 2.14. The van der Waals surface area contributed by atoms with E-state index in [1.807, 2.05) is 0 Å². The van der Waals surface area contributed by atoms with Crippen LogP contribution in [0.1, 0.15) is 45.7 Å². The van der Waals surface area contributed by atoms with E-state index in [2.05, 4.69) is 5.92 Å². The van der Waals surface area contributed by atoms with Crippen LogP contribution in [-0.2, 0) is 9.59 Å². The van der Waals surface area contributed by atoms with E-state index < -0.39 is 23.8 Å². The molecule has 0 aliphatic heterocycles. The smallest absolute Gasteiger partial charge is 0.210 e. The molecular weight excluding hydrogens is 200 g/mol. The molecule has 0 aliphatic carbocycles. The summed E-state index contributed by atoms with van der Waals surface area (Å²) >= 11 is 0. The van der Waals surface area contributed by atoms with E-state index in [1.54, 1.807) is 41.5 Å². The topological polar surface area (TPSA) is 34.1 Å². The monoisotopic (exact) mass is 225 g/mol. The Balaban J connectivity index is 0. The van der Waals surface area contributed by atoms with Crippen molar-refractivity contribution in [3.63, 3.8) is 0 Å². The third-order valence-corrected chi connectivity index (χ3v) is 1.61. The van der Waals surface area contributed by atoms with Crippen molar-refractivity contribution in [1.82, 2.24) is 0 Å². The number of rotatable bonds is 1. The van der Waals surface area contributed by atoms with Crippen LogP contribution in [0, 0.1) is 23.2 Å².